The van der Waals surface area contributed by atoms with Crippen molar-refractivity contribution in [3.63, 3.8) is 0 Å². The first kappa shape index (κ1) is 28.7. The Balaban J connectivity index is 1.45. The molecule has 1 saturated heterocycles. The molecule has 1 aromatic heterocycles. The van der Waals surface area contributed by atoms with Gasteiger partial charge in [0.25, 0.3) is 0 Å². The molecule has 10 heteroatoms. The monoisotopic (exact) mass is 553 g/mol. The number of oxime groups is 1. The second-order valence-electron chi connectivity index (χ2n) is 9.71. The number of unbranched alkanes of at least 4 members (excludes halogenated alkanes) is 1. The van der Waals surface area contributed by atoms with E-state index in [9.17, 15) is 0 Å². The Labute approximate surface area is 234 Å². The van der Waals surface area contributed by atoms with Gasteiger partial charge in [-0.1, -0.05) is 18.5 Å². The molecular weight excluding hydrogens is 514 g/mol. The number of nitrogens with zero attached hydrogens (tertiary/aromatic N) is 4. The topological polar surface area (TPSA) is 106 Å². The third-order valence-corrected chi connectivity index (χ3v) is 7.82. The van der Waals surface area contributed by atoms with E-state index in [-0.39, 0.29) is 5.84 Å². The molecule has 0 saturated carbocycles. The lowest BCUT2D eigenvalue weighted by Gasteiger charge is -2.26. The number of amidine groups is 1. The third-order valence-electron chi connectivity index (χ3n) is 6.54. The minimum absolute atomic E-state index is 0.0579. The number of rotatable bonds is 13. The van der Waals surface area contributed by atoms with Crippen LogP contribution in [0.4, 0.5) is 5.13 Å². The summed E-state index contributed by atoms with van der Waals surface area (Å²) in [7, 11) is 4.06. The number of hydrogen-bond donors (Lipinski definition) is 2. The second-order valence-corrected chi connectivity index (χ2v) is 10.8. The van der Waals surface area contributed by atoms with Gasteiger partial charge in [0, 0.05) is 56.2 Å². The lowest BCUT2D eigenvalue weighted by atomic mass is 10.1. The largest absolute Gasteiger partial charge is 0.455 e. The van der Waals surface area contributed by atoms with Gasteiger partial charge in [-0.25, -0.2) is 4.98 Å². The van der Waals surface area contributed by atoms with Gasteiger partial charge in [0.2, 0.25) is 6.29 Å². The fraction of sp³-hybridized carbons (Fsp3) is 0.448. The van der Waals surface area contributed by atoms with E-state index >= 15 is 0 Å². The fourth-order valence-corrected chi connectivity index (χ4v) is 5.27. The molecular formula is C29H39N5O4S. The van der Waals surface area contributed by atoms with E-state index in [1.807, 2.05) is 26.2 Å². The van der Waals surface area contributed by atoms with Gasteiger partial charge in [-0.05, 0) is 61.4 Å². The van der Waals surface area contributed by atoms with E-state index in [1.165, 1.54) is 4.88 Å². The van der Waals surface area contributed by atoms with Crippen LogP contribution in [0.25, 0.3) is 11.3 Å². The molecule has 39 heavy (non-hydrogen) atoms. The Hall–Kier alpha value is -3.34. The third kappa shape index (κ3) is 8.08. The lowest BCUT2D eigenvalue weighted by Crippen LogP contribution is -2.37. The Morgan fingerprint density at radius 3 is 2.33 bits per heavy atom. The fourth-order valence-electron chi connectivity index (χ4n) is 4.28. The number of benzene rings is 2. The van der Waals surface area contributed by atoms with Crippen molar-refractivity contribution < 1.29 is 19.4 Å². The molecule has 2 heterocycles. The summed E-state index contributed by atoms with van der Waals surface area (Å²) < 4.78 is 17.9. The highest BCUT2D eigenvalue weighted by Crippen LogP contribution is 2.34. The molecule has 3 aromatic rings. The van der Waals surface area contributed by atoms with Crippen molar-refractivity contribution in [3.05, 3.63) is 59.0 Å². The zero-order chi connectivity index (χ0) is 27.6. The van der Waals surface area contributed by atoms with Crippen molar-refractivity contribution in [2.45, 2.75) is 38.9 Å². The van der Waals surface area contributed by atoms with E-state index in [0.717, 1.165) is 80.7 Å². The van der Waals surface area contributed by atoms with Gasteiger partial charge in [0.1, 0.15) is 11.5 Å². The van der Waals surface area contributed by atoms with Crippen LogP contribution in [0.1, 0.15) is 36.6 Å². The van der Waals surface area contributed by atoms with Gasteiger partial charge in [0.05, 0.1) is 18.9 Å². The number of hydrogen-bond acceptors (Lipinski definition) is 9. The SMILES string of the molecule is CCCCC(Oc1ccc(C(N)=NO)cc1)Oc1ccc(-c2nc(N(C)C)sc2CCN2CCOCC2)cc1. The van der Waals surface area contributed by atoms with Gasteiger partial charge < -0.3 is 30.1 Å². The van der Waals surface area contributed by atoms with Gasteiger partial charge in [-0.3, -0.25) is 4.90 Å². The van der Waals surface area contributed by atoms with Gasteiger partial charge in [-0.2, -0.15) is 0 Å². The molecule has 0 radical (unpaired) electrons. The first-order chi connectivity index (χ1) is 19.0. The minimum atomic E-state index is -0.436. The average molecular weight is 554 g/mol. The summed E-state index contributed by atoms with van der Waals surface area (Å²) in [5.41, 5.74) is 8.40. The molecule has 0 spiro atoms. The maximum Gasteiger partial charge on any atom is 0.241 e. The number of aromatic nitrogens is 1. The predicted octanol–water partition coefficient (Wildman–Crippen LogP) is 4.82. The zero-order valence-corrected chi connectivity index (χ0v) is 23.8. The van der Waals surface area contributed by atoms with Crippen LogP contribution < -0.4 is 20.1 Å². The Kier molecular flexibility index (Phi) is 10.4. The van der Waals surface area contributed by atoms with E-state index in [2.05, 4.69) is 34.0 Å². The van der Waals surface area contributed by atoms with Crippen molar-refractivity contribution in [1.82, 2.24) is 9.88 Å². The molecule has 3 N–H and O–H groups in total. The number of morpholine rings is 1. The van der Waals surface area contributed by atoms with Crippen LogP contribution in [-0.2, 0) is 11.2 Å². The summed E-state index contributed by atoms with van der Waals surface area (Å²) in [5.74, 6) is 1.46. The lowest BCUT2D eigenvalue weighted by molar-refractivity contribution is -0.00211. The zero-order valence-electron chi connectivity index (χ0n) is 23.0. The standard InChI is InChI=1S/C29H39N5O4S/c1-4-5-6-26(38-24-13-9-22(10-14-24)28(30)32-35)37-23-11-7-21(8-12-23)27-25(39-29(31-27)33(2)3)15-16-34-17-19-36-20-18-34/h7-14,26,35H,4-6,15-20H2,1-3H3,(H2,30,32). The summed E-state index contributed by atoms with van der Waals surface area (Å²) in [6, 6.07) is 15.2. The summed E-state index contributed by atoms with van der Waals surface area (Å²) in [6.45, 7) is 6.73. The molecule has 1 atom stereocenters. The molecule has 2 aromatic carbocycles. The number of ether oxygens (including phenoxy) is 3. The normalized spacial score (nSPS) is 15.2. The molecule has 0 aliphatic carbocycles. The highest BCUT2D eigenvalue weighted by atomic mass is 32.1. The Bertz CT molecular complexity index is 1190. The van der Waals surface area contributed by atoms with E-state index in [4.69, 9.17) is 30.1 Å². The number of nitrogens with two attached hydrogens (primary N) is 1. The van der Waals surface area contributed by atoms with Crippen molar-refractivity contribution in [1.29, 1.82) is 0 Å². The van der Waals surface area contributed by atoms with Crippen molar-refractivity contribution in [2.24, 2.45) is 10.9 Å². The van der Waals surface area contributed by atoms with Crippen molar-refractivity contribution in [3.8, 4) is 22.8 Å². The molecule has 210 valence electrons. The van der Waals surface area contributed by atoms with Crippen molar-refractivity contribution in [2.75, 3.05) is 51.8 Å². The average Bonchev–Trinajstić information content (AvgIpc) is 3.40. The quantitative estimate of drug-likeness (QED) is 0.102. The molecule has 1 unspecified atom stereocenters. The van der Waals surface area contributed by atoms with Crippen LogP contribution in [0.5, 0.6) is 11.5 Å². The minimum Gasteiger partial charge on any atom is -0.455 e. The van der Waals surface area contributed by atoms with Gasteiger partial charge in [-0.15, -0.1) is 11.3 Å². The number of thiazole rings is 1. The van der Waals surface area contributed by atoms with E-state index in [1.54, 1.807) is 35.6 Å². The second kappa shape index (κ2) is 14.2. The molecule has 0 bridgehead atoms. The Morgan fingerprint density at radius 2 is 1.74 bits per heavy atom. The van der Waals surface area contributed by atoms with Crippen LogP contribution >= 0.6 is 11.3 Å². The van der Waals surface area contributed by atoms with Crippen LogP contribution in [0.3, 0.4) is 0 Å². The molecule has 1 aliphatic heterocycles. The van der Waals surface area contributed by atoms with Gasteiger partial charge in [0.15, 0.2) is 11.0 Å². The van der Waals surface area contributed by atoms with Crippen molar-refractivity contribution >= 4 is 22.3 Å². The summed E-state index contributed by atoms with van der Waals surface area (Å²) in [4.78, 5) is 10.8. The van der Waals surface area contributed by atoms with Gasteiger partial charge >= 0.3 is 0 Å². The van der Waals surface area contributed by atoms with E-state index < -0.39 is 6.29 Å². The first-order valence-corrected chi connectivity index (χ1v) is 14.3. The molecule has 1 aliphatic rings. The Morgan fingerprint density at radius 1 is 1.10 bits per heavy atom. The highest BCUT2D eigenvalue weighted by molar-refractivity contribution is 7.16. The van der Waals surface area contributed by atoms with E-state index in [0.29, 0.717) is 11.3 Å². The first-order valence-electron chi connectivity index (χ1n) is 13.5. The van der Waals surface area contributed by atoms with Crippen LogP contribution in [0.15, 0.2) is 53.7 Å². The molecule has 0 amide bonds. The molecule has 1 fully saturated rings. The summed E-state index contributed by atoms with van der Waals surface area (Å²) in [5, 5.41) is 12.9. The summed E-state index contributed by atoms with van der Waals surface area (Å²) in [6.07, 6.45) is 3.29. The highest BCUT2D eigenvalue weighted by Gasteiger charge is 2.18. The van der Waals surface area contributed by atoms with Crippen LogP contribution in [-0.4, -0.2) is 74.2 Å². The smallest absolute Gasteiger partial charge is 0.241 e. The maximum atomic E-state index is 8.88. The molecule has 9 nitrogen and oxygen atoms in total. The predicted molar refractivity (Wildman–Crippen MR) is 156 cm³/mol. The maximum absolute atomic E-state index is 8.88. The molecule has 4 rings (SSSR count). The number of anilines is 1. The van der Waals surface area contributed by atoms with Crippen LogP contribution in [0.2, 0.25) is 0 Å². The summed E-state index contributed by atoms with van der Waals surface area (Å²) >= 11 is 1.76. The van der Waals surface area contributed by atoms with Crippen LogP contribution in [0, 0.1) is 0 Å².